The third kappa shape index (κ3) is 4.17. The number of benzene rings is 1. The Labute approximate surface area is 130 Å². The van der Waals surface area contributed by atoms with E-state index in [4.69, 9.17) is 11.6 Å². The lowest BCUT2D eigenvalue weighted by molar-refractivity contribution is -0.132. The summed E-state index contributed by atoms with van der Waals surface area (Å²) in [6.45, 7) is 6.07. The highest BCUT2D eigenvalue weighted by Gasteiger charge is 2.32. The van der Waals surface area contributed by atoms with Crippen molar-refractivity contribution in [3.8, 4) is 0 Å². The van der Waals surface area contributed by atoms with E-state index < -0.39 is 0 Å². The number of nitrogens with zero attached hydrogens (tertiary/aromatic N) is 2. The molecule has 2 rings (SSSR count). The predicted molar refractivity (Wildman–Crippen MR) is 82.8 cm³/mol. The van der Waals surface area contributed by atoms with Gasteiger partial charge in [0.1, 0.15) is 5.82 Å². The van der Waals surface area contributed by atoms with Gasteiger partial charge in [-0.05, 0) is 38.8 Å². The SMILES string of the molecule is CCN(CC)C(=O)CN(Cc1c(F)cccc1Cl)C1CC1. The Balaban J connectivity index is 2.08. The molecule has 1 amide bonds. The van der Waals surface area contributed by atoms with E-state index in [9.17, 15) is 9.18 Å². The highest BCUT2D eigenvalue weighted by molar-refractivity contribution is 6.31. The molecule has 0 aromatic heterocycles. The number of hydrogen-bond donors (Lipinski definition) is 0. The minimum atomic E-state index is -0.302. The first-order chi connectivity index (χ1) is 10.1. The van der Waals surface area contributed by atoms with Gasteiger partial charge in [-0.1, -0.05) is 17.7 Å². The van der Waals surface area contributed by atoms with Gasteiger partial charge in [-0.3, -0.25) is 9.69 Å². The van der Waals surface area contributed by atoms with Gasteiger partial charge in [0.2, 0.25) is 5.91 Å². The van der Waals surface area contributed by atoms with Crippen LogP contribution in [0.1, 0.15) is 32.3 Å². The van der Waals surface area contributed by atoms with Gasteiger partial charge in [0.15, 0.2) is 0 Å². The van der Waals surface area contributed by atoms with Crippen molar-refractivity contribution in [2.45, 2.75) is 39.3 Å². The second-order valence-electron chi connectivity index (χ2n) is 5.40. The van der Waals surface area contributed by atoms with Crippen LogP contribution in [-0.2, 0) is 11.3 Å². The first-order valence-corrected chi connectivity index (χ1v) is 7.89. The highest BCUT2D eigenvalue weighted by atomic mass is 35.5. The zero-order valence-electron chi connectivity index (χ0n) is 12.6. The molecule has 3 nitrogen and oxygen atoms in total. The fraction of sp³-hybridized carbons (Fsp3) is 0.562. The van der Waals surface area contributed by atoms with E-state index in [2.05, 4.69) is 0 Å². The van der Waals surface area contributed by atoms with E-state index in [1.54, 1.807) is 17.0 Å². The van der Waals surface area contributed by atoms with E-state index >= 15 is 0 Å². The van der Waals surface area contributed by atoms with Crippen LogP contribution in [-0.4, -0.2) is 41.4 Å². The molecule has 1 aromatic carbocycles. The summed E-state index contributed by atoms with van der Waals surface area (Å²) in [6.07, 6.45) is 2.13. The molecule has 1 saturated carbocycles. The fourth-order valence-electron chi connectivity index (χ4n) is 2.49. The Hall–Kier alpha value is -1.13. The van der Waals surface area contributed by atoms with Crippen molar-refractivity contribution >= 4 is 17.5 Å². The summed E-state index contributed by atoms with van der Waals surface area (Å²) in [7, 11) is 0. The number of rotatable bonds is 7. The summed E-state index contributed by atoms with van der Waals surface area (Å²) in [6, 6.07) is 5.08. The van der Waals surface area contributed by atoms with Crippen molar-refractivity contribution in [1.29, 1.82) is 0 Å². The monoisotopic (exact) mass is 312 g/mol. The Morgan fingerprint density at radius 1 is 1.33 bits per heavy atom. The lowest BCUT2D eigenvalue weighted by atomic mass is 10.2. The molecule has 0 unspecified atom stereocenters. The second kappa shape index (κ2) is 7.23. The summed E-state index contributed by atoms with van der Waals surface area (Å²) in [5, 5.41) is 0.427. The van der Waals surface area contributed by atoms with Crippen LogP contribution in [0.15, 0.2) is 18.2 Å². The molecule has 0 N–H and O–H groups in total. The highest BCUT2D eigenvalue weighted by Crippen LogP contribution is 2.30. The average molecular weight is 313 g/mol. The van der Waals surface area contributed by atoms with Crippen molar-refractivity contribution in [3.05, 3.63) is 34.6 Å². The van der Waals surface area contributed by atoms with E-state index in [0.29, 0.717) is 42.8 Å². The Bertz CT molecular complexity index is 481. The van der Waals surface area contributed by atoms with Gasteiger partial charge in [-0.25, -0.2) is 4.39 Å². The van der Waals surface area contributed by atoms with E-state index in [0.717, 1.165) is 12.8 Å². The number of halogens is 2. The van der Waals surface area contributed by atoms with E-state index in [1.165, 1.54) is 6.07 Å². The summed E-state index contributed by atoms with van der Waals surface area (Å²) in [5.41, 5.74) is 0.485. The quantitative estimate of drug-likeness (QED) is 0.771. The fourth-order valence-corrected chi connectivity index (χ4v) is 2.71. The largest absolute Gasteiger partial charge is 0.342 e. The molecular weight excluding hydrogens is 291 g/mol. The molecule has 21 heavy (non-hydrogen) atoms. The molecule has 1 fully saturated rings. The van der Waals surface area contributed by atoms with Gasteiger partial charge in [-0.2, -0.15) is 0 Å². The Kier molecular flexibility index (Phi) is 5.59. The topological polar surface area (TPSA) is 23.6 Å². The predicted octanol–water partition coefficient (Wildman–Crippen LogP) is 3.31. The van der Waals surface area contributed by atoms with Crippen LogP contribution in [0.4, 0.5) is 4.39 Å². The van der Waals surface area contributed by atoms with Gasteiger partial charge < -0.3 is 4.90 Å². The van der Waals surface area contributed by atoms with Crippen molar-refractivity contribution < 1.29 is 9.18 Å². The van der Waals surface area contributed by atoms with Gasteiger partial charge in [0.25, 0.3) is 0 Å². The molecule has 1 aromatic rings. The van der Waals surface area contributed by atoms with Crippen molar-refractivity contribution in [2.75, 3.05) is 19.6 Å². The zero-order valence-corrected chi connectivity index (χ0v) is 13.4. The van der Waals surface area contributed by atoms with Gasteiger partial charge >= 0.3 is 0 Å². The van der Waals surface area contributed by atoms with Crippen LogP contribution < -0.4 is 0 Å². The zero-order chi connectivity index (χ0) is 15.4. The maximum atomic E-state index is 13.9. The van der Waals surface area contributed by atoms with Crippen LogP contribution >= 0.6 is 11.6 Å². The van der Waals surface area contributed by atoms with Crippen molar-refractivity contribution in [2.24, 2.45) is 0 Å². The Morgan fingerprint density at radius 2 is 2.00 bits per heavy atom. The van der Waals surface area contributed by atoms with Gasteiger partial charge in [0.05, 0.1) is 6.54 Å². The molecule has 0 radical (unpaired) electrons. The number of carbonyl (C=O) groups excluding carboxylic acids is 1. The second-order valence-corrected chi connectivity index (χ2v) is 5.81. The van der Waals surface area contributed by atoms with Crippen LogP contribution in [0, 0.1) is 5.82 Å². The molecular formula is C16H22ClFN2O. The van der Waals surface area contributed by atoms with E-state index in [1.807, 2.05) is 18.7 Å². The lowest BCUT2D eigenvalue weighted by Gasteiger charge is -2.26. The van der Waals surface area contributed by atoms with Gasteiger partial charge in [-0.15, -0.1) is 0 Å². The third-order valence-corrected chi connectivity index (χ3v) is 4.29. The Morgan fingerprint density at radius 3 is 2.52 bits per heavy atom. The molecule has 0 heterocycles. The van der Waals surface area contributed by atoms with Crippen molar-refractivity contribution in [1.82, 2.24) is 9.80 Å². The van der Waals surface area contributed by atoms with Crippen LogP contribution in [0.25, 0.3) is 0 Å². The summed E-state index contributed by atoms with van der Waals surface area (Å²) >= 11 is 6.09. The number of hydrogen-bond acceptors (Lipinski definition) is 2. The third-order valence-electron chi connectivity index (χ3n) is 3.94. The molecule has 0 bridgehead atoms. The number of carbonyl (C=O) groups is 1. The minimum Gasteiger partial charge on any atom is -0.342 e. The summed E-state index contributed by atoms with van der Waals surface area (Å²) in [5.74, 6) is -0.206. The molecule has 5 heteroatoms. The molecule has 116 valence electrons. The standard InChI is InChI=1S/C16H22ClFN2O/c1-3-19(4-2)16(21)11-20(12-8-9-12)10-13-14(17)6-5-7-15(13)18/h5-7,12H,3-4,8-11H2,1-2H3. The molecule has 0 spiro atoms. The maximum absolute atomic E-state index is 13.9. The maximum Gasteiger partial charge on any atom is 0.236 e. The summed E-state index contributed by atoms with van der Waals surface area (Å²) < 4.78 is 13.9. The molecule has 1 aliphatic carbocycles. The van der Waals surface area contributed by atoms with Crippen LogP contribution in [0.3, 0.4) is 0 Å². The smallest absolute Gasteiger partial charge is 0.236 e. The number of amides is 1. The minimum absolute atomic E-state index is 0.0966. The first-order valence-electron chi connectivity index (χ1n) is 7.51. The van der Waals surface area contributed by atoms with Crippen molar-refractivity contribution in [3.63, 3.8) is 0 Å². The molecule has 0 aliphatic heterocycles. The molecule has 0 atom stereocenters. The normalized spacial score (nSPS) is 14.5. The first kappa shape index (κ1) is 16.2. The van der Waals surface area contributed by atoms with E-state index in [-0.39, 0.29) is 11.7 Å². The molecule has 1 aliphatic rings. The average Bonchev–Trinajstić information content (AvgIpc) is 3.27. The van der Waals surface area contributed by atoms with Gasteiger partial charge in [0, 0.05) is 36.3 Å². The lowest BCUT2D eigenvalue weighted by Crippen LogP contribution is -2.41. The van der Waals surface area contributed by atoms with Crippen LogP contribution in [0.2, 0.25) is 5.02 Å². The summed E-state index contributed by atoms with van der Waals surface area (Å²) in [4.78, 5) is 16.1. The molecule has 0 saturated heterocycles. The van der Waals surface area contributed by atoms with Crippen LogP contribution in [0.5, 0.6) is 0 Å². The number of likely N-dealkylation sites (N-methyl/N-ethyl adjacent to an activating group) is 1.